The van der Waals surface area contributed by atoms with Gasteiger partial charge in [0.2, 0.25) is 5.95 Å². The summed E-state index contributed by atoms with van der Waals surface area (Å²) in [7, 11) is 1.69. The van der Waals surface area contributed by atoms with E-state index in [2.05, 4.69) is 25.7 Å². The van der Waals surface area contributed by atoms with Gasteiger partial charge in [-0.05, 0) is 19.1 Å². The average Bonchev–Trinajstić information content (AvgIpc) is 2.75. The number of hydrogen-bond donors (Lipinski definition) is 2. The molecule has 0 aliphatic heterocycles. The Morgan fingerprint density at radius 1 is 1.47 bits per heavy atom. The standard InChI is InChI=1S/C11H13ClN6O/c1-3-13-9-5-7(4-8(12)16-9)10(19)17-11-14-6-15-18(11)2/h4-6H,3H2,1-2H3,(H,13,16)(H,14,15,17,19). The summed E-state index contributed by atoms with van der Waals surface area (Å²) < 4.78 is 1.46. The van der Waals surface area contributed by atoms with Gasteiger partial charge in [-0.2, -0.15) is 10.1 Å². The highest BCUT2D eigenvalue weighted by Crippen LogP contribution is 2.15. The lowest BCUT2D eigenvalue weighted by atomic mass is 10.2. The van der Waals surface area contributed by atoms with Crippen LogP contribution in [0.25, 0.3) is 0 Å². The second kappa shape index (κ2) is 5.66. The summed E-state index contributed by atoms with van der Waals surface area (Å²) in [5.74, 6) is 0.598. The summed E-state index contributed by atoms with van der Waals surface area (Å²) in [6.07, 6.45) is 1.36. The number of aryl methyl sites for hydroxylation is 1. The Bertz CT molecular complexity index is 597. The van der Waals surface area contributed by atoms with Crippen LogP contribution in [0.3, 0.4) is 0 Å². The van der Waals surface area contributed by atoms with E-state index in [1.807, 2.05) is 6.92 Å². The molecule has 0 radical (unpaired) electrons. The van der Waals surface area contributed by atoms with Crippen LogP contribution < -0.4 is 10.6 Å². The van der Waals surface area contributed by atoms with Crippen molar-refractivity contribution in [2.45, 2.75) is 6.92 Å². The molecule has 1 amide bonds. The average molecular weight is 281 g/mol. The Morgan fingerprint density at radius 3 is 2.89 bits per heavy atom. The summed E-state index contributed by atoms with van der Waals surface area (Å²) >= 11 is 5.88. The first-order chi connectivity index (χ1) is 9.10. The Kier molecular flexibility index (Phi) is 3.96. The third kappa shape index (κ3) is 3.19. The lowest BCUT2D eigenvalue weighted by molar-refractivity contribution is 0.102. The van der Waals surface area contributed by atoms with Crippen molar-refractivity contribution in [3.8, 4) is 0 Å². The molecule has 0 atom stereocenters. The molecule has 0 saturated carbocycles. The molecule has 2 aromatic heterocycles. The minimum absolute atomic E-state index is 0.251. The molecule has 2 N–H and O–H groups in total. The van der Waals surface area contributed by atoms with E-state index in [0.717, 1.165) is 0 Å². The van der Waals surface area contributed by atoms with Crippen LogP contribution in [0, 0.1) is 0 Å². The van der Waals surface area contributed by atoms with E-state index in [4.69, 9.17) is 11.6 Å². The van der Waals surface area contributed by atoms with Crippen molar-refractivity contribution in [3.63, 3.8) is 0 Å². The fourth-order valence-corrected chi connectivity index (χ4v) is 1.69. The molecule has 0 fully saturated rings. The van der Waals surface area contributed by atoms with Gasteiger partial charge in [0.25, 0.3) is 5.91 Å². The number of halogens is 1. The van der Waals surface area contributed by atoms with Gasteiger partial charge in [-0.1, -0.05) is 11.6 Å². The van der Waals surface area contributed by atoms with Crippen LogP contribution in [0.5, 0.6) is 0 Å². The van der Waals surface area contributed by atoms with Gasteiger partial charge in [0.1, 0.15) is 17.3 Å². The summed E-state index contributed by atoms with van der Waals surface area (Å²) in [5, 5.41) is 9.76. The maximum atomic E-state index is 12.1. The predicted molar refractivity (Wildman–Crippen MR) is 72.4 cm³/mol. The minimum atomic E-state index is -0.320. The number of nitrogens with zero attached hydrogens (tertiary/aromatic N) is 4. The fourth-order valence-electron chi connectivity index (χ4n) is 1.48. The Balaban J connectivity index is 2.21. The molecule has 0 bridgehead atoms. The van der Waals surface area contributed by atoms with Crippen molar-refractivity contribution in [2.75, 3.05) is 17.2 Å². The number of aromatic nitrogens is 4. The molecule has 2 heterocycles. The molecule has 0 unspecified atom stereocenters. The van der Waals surface area contributed by atoms with Gasteiger partial charge in [0.05, 0.1) is 0 Å². The Morgan fingerprint density at radius 2 is 2.26 bits per heavy atom. The molecule has 0 saturated heterocycles. The fraction of sp³-hybridized carbons (Fsp3) is 0.273. The van der Waals surface area contributed by atoms with E-state index in [0.29, 0.717) is 23.9 Å². The second-order valence-corrected chi connectivity index (χ2v) is 4.14. The highest BCUT2D eigenvalue weighted by atomic mass is 35.5. The molecule has 2 aromatic rings. The zero-order valence-electron chi connectivity index (χ0n) is 10.5. The summed E-state index contributed by atoms with van der Waals surface area (Å²) in [5.41, 5.74) is 0.402. The van der Waals surface area contributed by atoms with E-state index in [1.165, 1.54) is 17.1 Å². The number of amides is 1. The van der Waals surface area contributed by atoms with E-state index < -0.39 is 0 Å². The van der Waals surface area contributed by atoms with E-state index >= 15 is 0 Å². The van der Waals surface area contributed by atoms with Crippen LogP contribution in [0.1, 0.15) is 17.3 Å². The van der Waals surface area contributed by atoms with Gasteiger partial charge >= 0.3 is 0 Å². The molecule has 7 nitrogen and oxygen atoms in total. The Labute approximate surface area is 115 Å². The highest BCUT2D eigenvalue weighted by Gasteiger charge is 2.11. The largest absolute Gasteiger partial charge is 0.370 e. The SMILES string of the molecule is CCNc1cc(C(=O)Nc2ncnn2C)cc(Cl)n1. The molecule has 2 rings (SSSR count). The zero-order chi connectivity index (χ0) is 13.8. The number of anilines is 2. The first-order valence-electron chi connectivity index (χ1n) is 5.67. The summed E-state index contributed by atoms with van der Waals surface area (Å²) in [4.78, 5) is 20.0. The lowest BCUT2D eigenvalue weighted by Crippen LogP contribution is -2.16. The number of rotatable bonds is 4. The number of carbonyl (C=O) groups excluding carboxylic acids is 1. The maximum Gasteiger partial charge on any atom is 0.258 e. The second-order valence-electron chi connectivity index (χ2n) is 3.76. The zero-order valence-corrected chi connectivity index (χ0v) is 11.3. The van der Waals surface area contributed by atoms with Crippen molar-refractivity contribution < 1.29 is 4.79 Å². The minimum Gasteiger partial charge on any atom is -0.370 e. The number of carbonyl (C=O) groups is 1. The normalized spacial score (nSPS) is 10.3. The van der Waals surface area contributed by atoms with Crippen molar-refractivity contribution in [1.29, 1.82) is 0 Å². The topological polar surface area (TPSA) is 84.7 Å². The first kappa shape index (κ1) is 13.3. The van der Waals surface area contributed by atoms with E-state index in [-0.39, 0.29) is 11.1 Å². The predicted octanol–water partition coefficient (Wildman–Crippen LogP) is 1.55. The van der Waals surface area contributed by atoms with Gasteiger partial charge in [-0.3, -0.25) is 10.1 Å². The van der Waals surface area contributed by atoms with Crippen LogP contribution in [-0.4, -0.2) is 32.2 Å². The quantitative estimate of drug-likeness (QED) is 0.830. The van der Waals surface area contributed by atoms with Gasteiger partial charge in [-0.15, -0.1) is 0 Å². The van der Waals surface area contributed by atoms with Gasteiger partial charge in [0, 0.05) is 19.2 Å². The van der Waals surface area contributed by atoms with Crippen LogP contribution >= 0.6 is 11.6 Å². The molecule has 0 aromatic carbocycles. The monoisotopic (exact) mass is 280 g/mol. The summed E-state index contributed by atoms with van der Waals surface area (Å²) in [6.45, 7) is 2.62. The van der Waals surface area contributed by atoms with Gasteiger partial charge < -0.3 is 5.32 Å². The van der Waals surface area contributed by atoms with Crippen LogP contribution in [0.2, 0.25) is 5.15 Å². The molecule has 0 aliphatic carbocycles. The third-order valence-corrected chi connectivity index (χ3v) is 2.54. The van der Waals surface area contributed by atoms with Crippen LogP contribution in [0.15, 0.2) is 18.5 Å². The third-order valence-electron chi connectivity index (χ3n) is 2.35. The van der Waals surface area contributed by atoms with Crippen molar-refractivity contribution in [1.82, 2.24) is 19.7 Å². The number of nitrogens with one attached hydrogen (secondary N) is 2. The van der Waals surface area contributed by atoms with E-state index in [9.17, 15) is 4.79 Å². The van der Waals surface area contributed by atoms with Crippen LogP contribution in [0.4, 0.5) is 11.8 Å². The molecule has 8 heteroatoms. The molecular weight excluding hydrogens is 268 g/mol. The molecule has 0 aliphatic rings. The lowest BCUT2D eigenvalue weighted by Gasteiger charge is -2.07. The number of pyridine rings is 1. The smallest absolute Gasteiger partial charge is 0.258 e. The highest BCUT2D eigenvalue weighted by molar-refractivity contribution is 6.30. The number of hydrogen-bond acceptors (Lipinski definition) is 5. The maximum absolute atomic E-state index is 12.1. The van der Waals surface area contributed by atoms with Gasteiger partial charge in [-0.25, -0.2) is 9.67 Å². The summed E-state index contributed by atoms with van der Waals surface area (Å²) in [6, 6.07) is 3.12. The van der Waals surface area contributed by atoms with Crippen molar-refractivity contribution in [2.24, 2.45) is 7.05 Å². The molecular formula is C11H13ClN6O. The Hall–Kier alpha value is -2.15. The molecule has 19 heavy (non-hydrogen) atoms. The first-order valence-corrected chi connectivity index (χ1v) is 6.04. The molecule has 100 valence electrons. The van der Waals surface area contributed by atoms with Gasteiger partial charge in [0.15, 0.2) is 0 Å². The molecule has 0 spiro atoms. The van der Waals surface area contributed by atoms with E-state index in [1.54, 1.807) is 13.1 Å². The van der Waals surface area contributed by atoms with Crippen molar-refractivity contribution >= 4 is 29.3 Å². The van der Waals surface area contributed by atoms with Crippen LogP contribution in [-0.2, 0) is 7.05 Å². The van der Waals surface area contributed by atoms with Crippen molar-refractivity contribution in [3.05, 3.63) is 29.2 Å².